The van der Waals surface area contributed by atoms with Crippen LogP contribution in [0.5, 0.6) is 34.5 Å². The Kier molecular flexibility index (Phi) is 10.1. The fourth-order valence-corrected chi connectivity index (χ4v) is 5.47. The highest BCUT2D eigenvalue weighted by Crippen LogP contribution is 2.38. The number of anilines is 1. The van der Waals surface area contributed by atoms with Crippen LogP contribution in [0.3, 0.4) is 0 Å². The number of nitrogens with zero attached hydrogens (tertiary/aromatic N) is 2. The summed E-state index contributed by atoms with van der Waals surface area (Å²) in [4.78, 5) is 12.7. The van der Waals surface area contributed by atoms with Crippen molar-refractivity contribution in [2.45, 2.75) is 24.7 Å². The monoisotopic (exact) mass is 615 g/mol. The molecule has 0 unspecified atom stereocenters. The number of hydrogen-bond donors (Lipinski definition) is 1. The van der Waals surface area contributed by atoms with E-state index in [9.17, 15) is 13.2 Å². The van der Waals surface area contributed by atoms with Gasteiger partial charge in [0.15, 0.2) is 17.2 Å². The molecule has 0 radical (unpaired) electrons. The van der Waals surface area contributed by atoms with E-state index in [1.54, 1.807) is 51.5 Å². The van der Waals surface area contributed by atoms with E-state index in [0.29, 0.717) is 60.3 Å². The lowest BCUT2D eigenvalue weighted by Crippen LogP contribution is -2.19. The lowest BCUT2D eigenvalue weighted by molar-refractivity contribution is 0.172. The molecular weight excluding hydrogens is 578 g/mol. The molecule has 1 heterocycles. The maximum Gasteiger partial charge on any atom is 0.328 e. The highest BCUT2D eigenvalue weighted by Gasteiger charge is 2.22. The number of ether oxygens (including phenoxy) is 6. The van der Waals surface area contributed by atoms with Crippen molar-refractivity contribution in [2.75, 3.05) is 45.9 Å². The van der Waals surface area contributed by atoms with Gasteiger partial charge in [-0.2, -0.15) is 0 Å². The molecule has 0 saturated carbocycles. The Morgan fingerprint density at radius 3 is 2.00 bits per heavy atom. The molecule has 232 valence electrons. The van der Waals surface area contributed by atoms with E-state index in [0.717, 1.165) is 6.42 Å². The predicted octanol–water partition coefficient (Wildman–Crippen LogP) is 4.69. The molecule has 4 aromatic rings. The molecule has 1 aromatic heterocycles. The minimum absolute atomic E-state index is 0.0557. The number of nitrogens with one attached hydrogen (secondary N) is 1. The third kappa shape index (κ3) is 7.17. The zero-order valence-corrected chi connectivity index (χ0v) is 25.9. The van der Waals surface area contributed by atoms with Crippen LogP contribution in [0.25, 0.3) is 11.0 Å². The van der Waals surface area contributed by atoms with Crippen LogP contribution >= 0.6 is 0 Å². The lowest BCUT2D eigenvalue weighted by atomic mass is 10.2. The van der Waals surface area contributed by atoms with E-state index in [-0.39, 0.29) is 27.8 Å². The second kappa shape index (κ2) is 13.7. The number of hydrogen-bond acceptors (Lipinski definition) is 9. The van der Waals surface area contributed by atoms with Gasteiger partial charge in [0.05, 0.1) is 49.0 Å². The van der Waals surface area contributed by atoms with Crippen LogP contribution in [-0.2, 0) is 28.9 Å². The van der Waals surface area contributed by atoms with Crippen LogP contribution in [0, 0.1) is 0 Å². The van der Waals surface area contributed by atoms with Crippen molar-refractivity contribution in [3.63, 3.8) is 0 Å². The third-order valence-electron chi connectivity index (χ3n) is 6.60. The van der Waals surface area contributed by atoms with E-state index >= 15 is 0 Å². The molecule has 0 amide bonds. The van der Waals surface area contributed by atoms with Crippen molar-refractivity contribution in [1.29, 1.82) is 0 Å². The number of aromatic nitrogens is 2. The number of imidazole rings is 1. The minimum Gasteiger partial charge on any atom is -0.493 e. The van der Waals surface area contributed by atoms with Gasteiger partial charge in [-0.3, -0.25) is 13.9 Å². The van der Waals surface area contributed by atoms with Gasteiger partial charge in [-0.15, -0.1) is 0 Å². The lowest BCUT2D eigenvalue weighted by Gasteiger charge is -2.17. The first-order valence-corrected chi connectivity index (χ1v) is 15.1. The van der Waals surface area contributed by atoms with Gasteiger partial charge in [-0.25, -0.2) is 13.2 Å². The summed E-state index contributed by atoms with van der Waals surface area (Å²) in [5.74, 6) is 2.20. The van der Waals surface area contributed by atoms with Crippen molar-refractivity contribution in [1.82, 2.24) is 9.13 Å². The highest BCUT2D eigenvalue weighted by atomic mass is 32.2. The molecule has 0 aliphatic heterocycles. The number of sulfonamides is 1. The number of methoxy groups -OCH3 is 3. The minimum atomic E-state index is -4.14. The molecule has 0 spiro atoms. The molecule has 0 bridgehead atoms. The average Bonchev–Trinajstić information content (AvgIpc) is 3.20. The predicted molar refractivity (Wildman–Crippen MR) is 163 cm³/mol. The normalized spacial score (nSPS) is 11.4. The zero-order chi connectivity index (χ0) is 31.1. The third-order valence-corrected chi connectivity index (χ3v) is 7.96. The van der Waals surface area contributed by atoms with Crippen LogP contribution in [0.4, 0.5) is 5.69 Å². The summed E-state index contributed by atoms with van der Waals surface area (Å²) in [5, 5.41) is 0. The summed E-state index contributed by atoms with van der Waals surface area (Å²) < 4.78 is 66.3. The van der Waals surface area contributed by atoms with Gasteiger partial charge in [0.1, 0.15) is 17.2 Å². The van der Waals surface area contributed by atoms with Crippen LogP contribution < -0.4 is 34.1 Å². The summed E-state index contributed by atoms with van der Waals surface area (Å²) in [5.41, 5.74) is 0.895. The average molecular weight is 616 g/mol. The molecule has 0 fully saturated rings. The van der Waals surface area contributed by atoms with E-state index in [1.165, 1.54) is 41.6 Å². The number of benzene rings is 3. The molecule has 0 aliphatic carbocycles. The Morgan fingerprint density at radius 2 is 1.37 bits per heavy atom. The molecule has 0 atom stereocenters. The fraction of sp³-hybridized carbons (Fsp3) is 0.367. The number of fused-ring (bicyclic) bond motifs is 1. The molecule has 4 rings (SSSR count). The van der Waals surface area contributed by atoms with E-state index in [2.05, 4.69) is 4.72 Å². The Labute approximate surface area is 250 Å². The molecule has 0 aliphatic rings. The molecule has 43 heavy (non-hydrogen) atoms. The van der Waals surface area contributed by atoms with Crippen molar-refractivity contribution < 1.29 is 36.8 Å². The first kappa shape index (κ1) is 31.6. The summed E-state index contributed by atoms with van der Waals surface area (Å²) in [6.45, 7) is 3.45. The van der Waals surface area contributed by atoms with Gasteiger partial charge in [-0.05, 0) is 24.6 Å². The molecule has 1 N–H and O–H groups in total. The molecule has 13 heteroatoms. The van der Waals surface area contributed by atoms with Gasteiger partial charge in [0, 0.05) is 64.6 Å². The molecule has 3 aromatic carbocycles. The van der Waals surface area contributed by atoms with Gasteiger partial charge in [0.25, 0.3) is 10.0 Å². The first-order valence-electron chi connectivity index (χ1n) is 13.6. The Bertz CT molecular complexity index is 1750. The van der Waals surface area contributed by atoms with Crippen LogP contribution in [-0.4, -0.2) is 58.7 Å². The number of rotatable bonds is 15. The van der Waals surface area contributed by atoms with Crippen LogP contribution in [0.15, 0.2) is 58.2 Å². The van der Waals surface area contributed by atoms with Gasteiger partial charge < -0.3 is 28.4 Å². The van der Waals surface area contributed by atoms with E-state index in [1.807, 2.05) is 6.92 Å². The zero-order valence-electron chi connectivity index (χ0n) is 25.1. The largest absolute Gasteiger partial charge is 0.493 e. The number of aryl methyl sites for hydroxylation is 2. The summed E-state index contributed by atoms with van der Waals surface area (Å²) in [6.07, 6.45) is 1.49. The van der Waals surface area contributed by atoms with E-state index < -0.39 is 10.0 Å². The molecule has 12 nitrogen and oxygen atoms in total. The van der Waals surface area contributed by atoms with Gasteiger partial charge in [0.2, 0.25) is 0 Å². The SMILES string of the molecule is CCCOc1cc(OCCCOC)cc(Oc2cc3c(cc2NS(=O)(=O)c2ccc(OC)c(OC)c2)n(C)c(=O)n3C)c1. The van der Waals surface area contributed by atoms with Crippen LogP contribution in [0.1, 0.15) is 19.8 Å². The van der Waals surface area contributed by atoms with Crippen molar-refractivity contribution in [3.05, 3.63) is 59.0 Å². The van der Waals surface area contributed by atoms with Gasteiger partial charge in [-0.1, -0.05) is 6.92 Å². The first-order chi connectivity index (χ1) is 20.6. The maximum absolute atomic E-state index is 13.6. The summed E-state index contributed by atoms with van der Waals surface area (Å²) in [7, 11) is 3.62. The quantitative estimate of drug-likeness (QED) is 0.189. The molecule has 0 saturated heterocycles. The summed E-state index contributed by atoms with van der Waals surface area (Å²) in [6, 6.07) is 12.6. The Hall–Kier alpha value is -4.36. The van der Waals surface area contributed by atoms with E-state index in [4.69, 9.17) is 28.4 Å². The van der Waals surface area contributed by atoms with Crippen molar-refractivity contribution >= 4 is 26.7 Å². The van der Waals surface area contributed by atoms with Crippen LogP contribution in [0.2, 0.25) is 0 Å². The van der Waals surface area contributed by atoms with Gasteiger partial charge >= 0.3 is 5.69 Å². The second-order valence-corrected chi connectivity index (χ2v) is 11.3. The smallest absolute Gasteiger partial charge is 0.328 e. The molecular formula is C30H37N3O9S. The standard InChI is InChI=1S/C30H37N3O9S/c1-7-11-40-20-14-21(41-13-8-12-37-4)16-22(15-20)42-28-19-26-25(32(2)30(34)33(26)3)18-24(28)31-43(35,36)23-9-10-27(38-5)29(17-23)39-6/h9-10,14-19,31H,7-8,11-13H2,1-6H3. The maximum atomic E-state index is 13.6. The highest BCUT2D eigenvalue weighted by molar-refractivity contribution is 7.92. The summed E-state index contributed by atoms with van der Waals surface area (Å²) >= 11 is 0. The Morgan fingerprint density at radius 1 is 0.744 bits per heavy atom. The fourth-order valence-electron chi connectivity index (χ4n) is 4.39. The van der Waals surface area contributed by atoms with Crippen molar-refractivity contribution in [2.24, 2.45) is 14.1 Å². The topological polar surface area (TPSA) is 128 Å². The second-order valence-electron chi connectivity index (χ2n) is 9.65. The van der Waals surface area contributed by atoms with Crippen molar-refractivity contribution in [3.8, 4) is 34.5 Å². The Balaban J connectivity index is 1.78.